The lowest BCUT2D eigenvalue weighted by molar-refractivity contribution is 0.494. The Balaban J connectivity index is 2.40. The normalized spacial score (nSPS) is 11.8. The smallest absolute Gasteiger partial charge is 0.287 e. The number of hydrogen-bond acceptors (Lipinski definition) is 3. The van der Waals surface area contributed by atoms with Crippen molar-refractivity contribution in [2.45, 2.75) is 0 Å². The first-order valence-corrected chi connectivity index (χ1v) is 5.51. The molecule has 0 heterocycles. The molecule has 5 heteroatoms. The van der Waals surface area contributed by atoms with Gasteiger partial charge in [-0.15, -0.1) is 0 Å². The maximum Gasteiger partial charge on any atom is 0.287 e. The fourth-order valence-electron chi connectivity index (χ4n) is 0.902. The maximum absolute atomic E-state index is 10.3. The van der Waals surface area contributed by atoms with Crippen LogP contribution in [0.25, 0.3) is 0 Å². The van der Waals surface area contributed by atoms with Gasteiger partial charge in [0, 0.05) is 12.2 Å². The van der Waals surface area contributed by atoms with Gasteiger partial charge in [-0.3, -0.25) is 4.55 Å². The van der Waals surface area contributed by atoms with E-state index in [1.807, 2.05) is 30.3 Å². The van der Waals surface area contributed by atoms with Crippen LogP contribution in [0.2, 0.25) is 0 Å². The van der Waals surface area contributed by atoms with Gasteiger partial charge in [-0.05, 0) is 12.1 Å². The summed E-state index contributed by atoms with van der Waals surface area (Å²) < 4.78 is 28.9. The molecule has 0 bridgehead atoms. The average molecular weight is 213 g/mol. The van der Waals surface area contributed by atoms with Crippen LogP contribution < -0.4 is 5.32 Å². The summed E-state index contributed by atoms with van der Waals surface area (Å²) >= 11 is 0. The zero-order chi connectivity index (χ0) is 10.4. The molecule has 0 radical (unpaired) electrons. The second-order valence-corrected chi connectivity index (χ2v) is 3.94. The van der Waals surface area contributed by atoms with E-state index < -0.39 is 10.1 Å². The van der Waals surface area contributed by atoms with Gasteiger partial charge in [0.25, 0.3) is 10.1 Å². The predicted octanol–water partition coefficient (Wildman–Crippen LogP) is 1.50. The first-order chi connectivity index (χ1) is 6.58. The van der Waals surface area contributed by atoms with Gasteiger partial charge in [-0.1, -0.05) is 24.3 Å². The van der Waals surface area contributed by atoms with E-state index in [2.05, 4.69) is 5.32 Å². The highest BCUT2D eigenvalue weighted by molar-refractivity contribution is 7.88. The Bertz CT molecular complexity index is 397. The molecule has 0 unspecified atom stereocenters. The van der Waals surface area contributed by atoms with Crippen LogP contribution in [0.5, 0.6) is 0 Å². The van der Waals surface area contributed by atoms with Gasteiger partial charge in [0.1, 0.15) is 0 Å². The Morgan fingerprint density at radius 1 is 1.29 bits per heavy atom. The molecule has 0 saturated heterocycles. The molecular weight excluding hydrogens is 202 g/mol. The van der Waals surface area contributed by atoms with E-state index in [1.54, 1.807) is 0 Å². The van der Waals surface area contributed by atoms with Gasteiger partial charge < -0.3 is 5.32 Å². The number of para-hydroxylation sites is 1. The van der Waals surface area contributed by atoms with E-state index >= 15 is 0 Å². The SMILES string of the molecule is O=S(=O)(O)C=CCNc1ccccc1. The van der Waals surface area contributed by atoms with Crippen LogP contribution >= 0.6 is 0 Å². The molecule has 0 atom stereocenters. The fraction of sp³-hybridized carbons (Fsp3) is 0.111. The fourth-order valence-corrected chi connectivity index (χ4v) is 1.24. The van der Waals surface area contributed by atoms with Crippen molar-refractivity contribution in [3.63, 3.8) is 0 Å². The molecule has 1 aromatic rings. The molecule has 14 heavy (non-hydrogen) atoms. The van der Waals surface area contributed by atoms with Crippen molar-refractivity contribution < 1.29 is 13.0 Å². The van der Waals surface area contributed by atoms with E-state index in [0.717, 1.165) is 11.1 Å². The molecule has 0 aliphatic rings. The maximum atomic E-state index is 10.3. The lowest BCUT2D eigenvalue weighted by Crippen LogP contribution is -1.99. The Labute approximate surface area is 83.0 Å². The van der Waals surface area contributed by atoms with E-state index in [1.165, 1.54) is 6.08 Å². The highest BCUT2D eigenvalue weighted by Gasteiger charge is 1.93. The topological polar surface area (TPSA) is 66.4 Å². The number of benzene rings is 1. The van der Waals surface area contributed by atoms with Crippen LogP contribution in [0.4, 0.5) is 5.69 Å². The molecule has 0 aliphatic carbocycles. The Morgan fingerprint density at radius 3 is 2.50 bits per heavy atom. The molecule has 1 rings (SSSR count). The minimum absolute atomic E-state index is 0.351. The molecule has 1 aromatic carbocycles. The van der Waals surface area contributed by atoms with Crippen LogP contribution in [-0.2, 0) is 10.1 Å². The first kappa shape index (κ1) is 10.7. The molecule has 0 spiro atoms. The van der Waals surface area contributed by atoms with Gasteiger partial charge in [-0.2, -0.15) is 8.42 Å². The Hall–Kier alpha value is -1.33. The highest BCUT2D eigenvalue weighted by Crippen LogP contribution is 2.03. The molecule has 2 N–H and O–H groups in total. The number of rotatable bonds is 4. The summed E-state index contributed by atoms with van der Waals surface area (Å²) in [4.78, 5) is 0. The molecule has 76 valence electrons. The number of anilines is 1. The van der Waals surface area contributed by atoms with Crippen molar-refractivity contribution in [2.75, 3.05) is 11.9 Å². The van der Waals surface area contributed by atoms with Crippen LogP contribution in [0.1, 0.15) is 0 Å². The lowest BCUT2D eigenvalue weighted by atomic mass is 10.3. The molecular formula is C9H11NO3S. The molecule has 0 fully saturated rings. The van der Waals surface area contributed by atoms with Gasteiger partial charge in [0.15, 0.2) is 0 Å². The lowest BCUT2D eigenvalue weighted by Gasteiger charge is -2.00. The zero-order valence-electron chi connectivity index (χ0n) is 7.42. The molecule has 0 amide bonds. The number of nitrogens with one attached hydrogen (secondary N) is 1. The third-order valence-electron chi connectivity index (χ3n) is 1.47. The van der Waals surface area contributed by atoms with E-state index in [4.69, 9.17) is 4.55 Å². The van der Waals surface area contributed by atoms with Crippen LogP contribution in [0, 0.1) is 0 Å². The summed E-state index contributed by atoms with van der Waals surface area (Å²) in [6, 6.07) is 9.35. The highest BCUT2D eigenvalue weighted by atomic mass is 32.2. The molecule has 0 aromatic heterocycles. The third kappa shape index (κ3) is 4.64. The molecule has 0 aliphatic heterocycles. The summed E-state index contributed by atoms with van der Waals surface area (Å²) in [6.07, 6.45) is 1.34. The summed E-state index contributed by atoms with van der Waals surface area (Å²) in [6.45, 7) is 0.351. The third-order valence-corrected chi connectivity index (χ3v) is 2.00. The minimum atomic E-state index is -4.00. The van der Waals surface area contributed by atoms with Crippen molar-refractivity contribution >= 4 is 15.8 Å². The van der Waals surface area contributed by atoms with Crippen molar-refractivity contribution in [3.8, 4) is 0 Å². The van der Waals surface area contributed by atoms with Gasteiger partial charge in [0.2, 0.25) is 0 Å². The predicted molar refractivity (Wildman–Crippen MR) is 55.6 cm³/mol. The molecule has 4 nitrogen and oxygen atoms in total. The van der Waals surface area contributed by atoms with E-state index in [0.29, 0.717) is 6.54 Å². The Kier molecular flexibility index (Phi) is 3.67. The van der Waals surface area contributed by atoms with E-state index in [9.17, 15) is 8.42 Å². The standard InChI is InChI=1S/C9H11NO3S/c11-14(12,13)8-4-7-10-9-5-2-1-3-6-9/h1-6,8,10H,7H2,(H,11,12,13). The van der Waals surface area contributed by atoms with Gasteiger partial charge in [0.05, 0.1) is 5.41 Å². The van der Waals surface area contributed by atoms with Crippen molar-refractivity contribution in [1.29, 1.82) is 0 Å². The quantitative estimate of drug-likeness (QED) is 0.744. The zero-order valence-corrected chi connectivity index (χ0v) is 8.24. The van der Waals surface area contributed by atoms with Crippen LogP contribution in [0.3, 0.4) is 0 Å². The van der Waals surface area contributed by atoms with Crippen LogP contribution in [-0.4, -0.2) is 19.5 Å². The second-order valence-electron chi connectivity index (χ2n) is 2.63. The number of hydrogen-bond donors (Lipinski definition) is 2. The average Bonchev–Trinajstić information content (AvgIpc) is 2.13. The minimum Gasteiger partial charge on any atom is -0.382 e. The summed E-state index contributed by atoms with van der Waals surface area (Å²) in [5.74, 6) is 0. The van der Waals surface area contributed by atoms with Crippen LogP contribution in [0.15, 0.2) is 41.8 Å². The van der Waals surface area contributed by atoms with Gasteiger partial charge in [-0.25, -0.2) is 0 Å². The largest absolute Gasteiger partial charge is 0.382 e. The van der Waals surface area contributed by atoms with Crippen molar-refractivity contribution in [2.24, 2.45) is 0 Å². The summed E-state index contributed by atoms with van der Waals surface area (Å²) in [5.41, 5.74) is 0.896. The summed E-state index contributed by atoms with van der Waals surface area (Å²) in [7, 11) is -4.00. The summed E-state index contributed by atoms with van der Waals surface area (Å²) in [5, 5.41) is 3.71. The molecule has 0 saturated carbocycles. The second kappa shape index (κ2) is 4.78. The van der Waals surface area contributed by atoms with E-state index in [-0.39, 0.29) is 0 Å². The first-order valence-electron chi connectivity index (χ1n) is 4.01. The Morgan fingerprint density at radius 2 is 1.93 bits per heavy atom. The monoisotopic (exact) mass is 213 g/mol. The van der Waals surface area contributed by atoms with Crippen molar-refractivity contribution in [1.82, 2.24) is 0 Å². The van der Waals surface area contributed by atoms with Gasteiger partial charge >= 0.3 is 0 Å². The van der Waals surface area contributed by atoms with Crippen molar-refractivity contribution in [3.05, 3.63) is 41.8 Å².